The number of likely N-dealkylation sites (tertiary alicyclic amines) is 1. The zero-order valence-corrected chi connectivity index (χ0v) is 13.6. The minimum Gasteiger partial charge on any atom is -0.389 e. The SMILES string of the molecule is CCN1CCCC1CN(C)Cc1cc(F)ccc1C(N)=S. The summed E-state index contributed by atoms with van der Waals surface area (Å²) in [5, 5.41) is 0. The van der Waals surface area contributed by atoms with Gasteiger partial charge in [0.15, 0.2) is 0 Å². The highest BCUT2D eigenvalue weighted by Crippen LogP contribution is 2.19. The molecular weight excluding hydrogens is 285 g/mol. The van der Waals surface area contributed by atoms with Crippen LogP contribution in [0.15, 0.2) is 18.2 Å². The van der Waals surface area contributed by atoms with Crippen LogP contribution in [0.4, 0.5) is 4.39 Å². The Kier molecular flexibility index (Phi) is 5.67. The summed E-state index contributed by atoms with van der Waals surface area (Å²) in [5.74, 6) is -0.241. The molecule has 5 heteroatoms. The summed E-state index contributed by atoms with van der Waals surface area (Å²) in [6.07, 6.45) is 2.51. The van der Waals surface area contributed by atoms with Crippen molar-refractivity contribution in [3.8, 4) is 0 Å². The fraction of sp³-hybridized carbons (Fsp3) is 0.562. The molecule has 0 saturated carbocycles. The highest BCUT2D eigenvalue weighted by molar-refractivity contribution is 7.80. The zero-order valence-electron chi connectivity index (χ0n) is 12.8. The number of hydrogen-bond donors (Lipinski definition) is 1. The van der Waals surface area contributed by atoms with E-state index in [-0.39, 0.29) is 5.82 Å². The van der Waals surface area contributed by atoms with E-state index >= 15 is 0 Å². The van der Waals surface area contributed by atoms with Crippen LogP contribution in [0.5, 0.6) is 0 Å². The number of nitrogens with zero attached hydrogens (tertiary/aromatic N) is 2. The maximum Gasteiger partial charge on any atom is 0.123 e. The van der Waals surface area contributed by atoms with Gasteiger partial charge in [0.2, 0.25) is 0 Å². The van der Waals surface area contributed by atoms with Crippen molar-refractivity contribution in [3.05, 3.63) is 35.1 Å². The average molecular weight is 309 g/mol. The Labute approximate surface area is 131 Å². The normalized spacial score (nSPS) is 19.3. The summed E-state index contributed by atoms with van der Waals surface area (Å²) >= 11 is 5.06. The molecule has 3 nitrogen and oxygen atoms in total. The second-order valence-corrected chi connectivity index (χ2v) is 6.23. The lowest BCUT2D eigenvalue weighted by atomic mass is 10.1. The van der Waals surface area contributed by atoms with Gasteiger partial charge in [0.25, 0.3) is 0 Å². The number of rotatable bonds is 6. The van der Waals surface area contributed by atoms with E-state index in [0.717, 1.165) is 24.2 Å². The van der Waals surface area contributed by atoms with Crippen molar-refractivity contribution < 1.29 is 4.39 Å². The van der Waals surface area contributed by atoms with Gasteiger partial charge in [-0.2, -0.15) is 0 Å². The van der Waals surface area contributed by atoms with E-state index in [1.165, 1.54) is 31.5 Å². The summed E-state index contributed by atoms with van der Waals surface area (Å²) in [7, 11) is 2.07. The lowest BCUT2D eigenvalue weighted by Gasteiger charge is -2.28. The van der Waals surface area contributed by atoms with Crippen LogP contribution in [0.3, 0.4) is 0 Å². The molecule has 0 aliphatic carbocycles. The van der Waals surface area contributed by atoms with Gasteiger partial charge in [-0.15, -0.1) is 0 Å². The smallest absolute Gasteiger partial charge is 0.123 e. The first-order valence-electron chi connectivity index (χ1n) is 7.52. The summed E-state index contributed by atoms with van der Waals surface area (Å²) in [4.78, 5) is 5.07. The third-order valence-electron chi connectivity index (χ3n) is 4.20. The largest absolute Gasteiger partial charge is 0.389 e. The summed E-state index contributed by atoms with van der Waals surface area (Å²) in [6.45, 7) is 6.14. The van der Waals surface area contributed by atoms with Gasteiger partial charge in [-0.3, -0.25) is 4.90 Å². The number of halogens is 1. The van der Waals surface area contributed by atoms with Crippen LogP contribution >= 0.6 is 12.2 Å². The van der Waals surface area contributed by atoms with E-state index in [9.17, 15) is 4.39 Å². The molecule has 0 amide bonds. The Morgan fingerprint density at radius 3 is 2.95 bits per heavy atom. The molecule has 0 radical (unpaired) electrons. The van der Waals surface area contributed by atoms with Crippen LogP contribution in [0.25, 0.3) is 0 Å². The van der Waals surface area contributed by atoms with E-state index in [4.69, 9.17) is 18.0 Å². The van der Waals surface area contributed by atoms with Gasteiger partial charge >= 0.3 is 0 Å². The molecule has 1 aromatic carbocycles. The molecule has 116 valence electrons. The summed E-state index contributed by atoms with van der Waals surface area (Å²) in [6, 6.07) is 5.22. The topological polar surface area (TPSA) is 32.5 Å². The molecule has 0 aromatic heterocycles. The monoisotopic (exact) mass is 309 g/mol. The maximum absolute atomic E-state index is 13.5. The van der Waals surface area contributed by atoms with E-state index in [0.29, 0.717) is 17.6 Å². The van der Waals surface area contributed by atoms with Crippen LogP contribution in [0.1, 0.15) is 30.9 Å². The summed E-state index contributed by atoms with van der Waals surface area (Å²) < 4.78 is 13.5. The Morgan fingerprint density at radius 2 is 2.29 bits per heavy atom. The lowest BCUT2D eigenvalue weighted by Crippen LogP contribution is -2.38. The van der Waals surface area contributed by atoms with E-state index in [1.54, 1.807) is 6.07 Å². The van der Waals surface area contributed by atoms with Crippen molar-refractivity contribution in [2.24, 2.45) is 5.73 Å². The molecule has 0 bridgehead atoms. The van der Waals surface area contributed by atoms with E-state index in [1.807, 2.05) is 0 Å². The van der Waals surface area contributed by atoms with Crippen LogP contribution in [-0.2, 0) is 6.54 Å². The third kappa shape index (κ3) is 4.22. The molecule has 1 fully saturated rings. The Hall–Kier alpha value is -1.04. The van der Waals surface area contributed by atoms with Crippen molar-refractivity contribution in [1.29, 1.82) is 0 Å². The number of hydrogen-bond acceptors (Lipinski definition) is 3. The second-order valence-electron chi connectivity index (χ2n) is 5.79. The van der Waals surface area contributed by atoms with Gasteiger partial charge in [0.1, 0.15) is 10.8 Å². The average Bonchev–Trinajstić information content (AvgIpc) is 2.85. The first kappa shape index (κ1) is 16.3. The molecule has 1 unspecified atom stereocenters. The molecule has 1 aliphatic rings. The molecular formula is C16H24FN3S. The van der Waals surface area contributed by atoms with E-state index in [2.05, 4.69) is 23.8 Å². The predicted molar refractivity (Wildman–Crippen MR) is 88.9 cm³/mol. The minimum atomic E-state index is -0.241. The number of likely N-dealkylation sites (N-methyl/N-ethyl adjacent to an activating group) is 2. The molecule has 1 aliphatic heterocycles. The fourth-order valence-corrected chi connectivity index (χ4v) is 3.37. The highest BCUT2D eigenvalue weighted by Gasteiger charge is 2.24. The Morgan fingerprint density at radius 1 is 1.52 bits per heavy atom. The molecule has 2 rings (SSSR count). The van der Waals surface area contributed by atoms with Crippen molar-refractivity contribution in [1.82, 2.24) is 9.80 Å². The number of nitrogens with two attached hydrogens (primary N) is 1. The fourth-order valence-electron chi connectivity index (χ4n) is 3.17. The number of benzene rings is 1. The van der Waals surface area contributed by atoms with E-state index < -0.39 is 0 Å². The van der Waals surface area contributed by atoms with Crippen LogP contribution < -0.4 is 5.73 Å². The Bertz CT molecular complexity index is 506. The third-order valence-corrected chi connectivity index (χ3v) is 4.42. The van der Waals surface area contributed by atoms with Crippen molar-refractivity contribution in [2.45, 2.75) is 32.4 Å². The van der Waals surface area contributed by atoms with Crippen LogP contribution in [0, 0.1) is 5.82 Å². The lowest BCUT2D eigenvalue weighted by molar-refractivity contribution is 0.194. The zero-order chi connectivity index (χ0) is 15.4. The maximum atomic E-state index is 13.5. The Balaban J connectivity index is 2.04. The van der Waals surface area contributed by atoms with Gasteiger partial charge in [0.05, 0.1) is 0 Å². The van der Waals surface area contributed by atoms with Crippen molar-refractivity contribution >= 4 is 17.2 Å². The van der Waals surface area contributed by atoms with Gasteiger partial charge in [0, 0.05) is 24.7 Å². The molecule has 1 atom stereocenters. The molecule has 1 saturated heterocycles. The minimum absolute atomic E-state index is 0.241. The van der Waals surface area contributed by atoms with Gasteiger partial charge in [-0.1, -0.05) is 19.1 Å². The van der Waals surface area contributed by atoms with Gasteiger partial charge in [-0.05, 0) is 56.7 Å². The molecule has 21 heavy (non-hydrogen) atoms. The van der Waals surface area contributed by atoms with Gasteiger partial charge in [-0.25, -0.2) is 4.39 Å². The van der Waals surface area contributed by atoms with Crippen LogP contribution in [-0.4, -0.2) is 47.5 Å². The van der Waals surface area contributed by atoms with Crippen molar-refractivity contribution in [2.75, 3.05) is 26.7 Å². The highest BCUT2D eigenvalue weighted by atomic mass is 32.1. The van der Waals surface area contributed by atoms with Crippen molar-refractivity contribution in [3.63, 3.8) is 0 Å². The van der Waals surface area contributed by atoms with Gasteiger partial charge < -0.3 is 10.6 Å². The summed E-state index contributed by atoms with van der Waals surface area (Å²) in [5.41, 5.74) is 7.37. The second kappa shape index (κ2) is 7.29. The van der Waals surface area contributed by atoms with Crippen LogP contribution in [0.2, 0.25) is 0 Å². The molecule has 0 spiro atoms. The predicted octanol–water partition coefficient (Wildman–Crippen LogP) is 2.38. The standard InChI is InChI=1S/C16H24FN3S/c1-3-20-8-4-5-14(20)11-19(2)10-12-9-13(17)6-7-15(12)16(18)21/h6-7,9,14H,3-5,8,10-11H2,1-2H3,(H2,18,21). The quantitative estimate of drug-likeness (QED) is 0.818. The molecule has 1 aromatic rings. The first-order valence-corrected chi connectivity index (χ1v) is 7.93. The first-order chi connectivity index (χ1) is 10.0. The number of thiocarbonyl (C=S) groups is 1. The molecule has 2 N–H and O–H groups in total. The molecule has 1 heterocycles.